The number of halogens is 2. The summed E-state index contributed by atoms with van der Waals surface area (Å²) in [4.78, 5) is 16.6. The number of aromatic nitrogens is 1. The van der Waals surface area contributed by atoms with E-state index in [1.54, 1.807) is 0 Å². The highest BCUT2D eigenvalue weighted by molar-refractivity contribution is 6.34. The molecule has 0 aliphatic rings. The van der Waals surface area contributed by atoms with Crippen molar-refractivity contribution in [2.24, 2.45) is 0 Å². The fraction of sp³-hybridized carbons (Fsp3) is 0.136. The van der Waals surface area contributed by atoms with Crippen LogP contribution in [0.5, 0.6) is 5.75 Å². The first kappa shape index (κ1) is 22.0. The van der Waals surface area contributed by atoms with E-state index in [1.165, 1.54) is 31.5 Å². The first-order valence-corrected chi connectivity index (χ1v) is 9.54. The van der Waals surface area contributed by atoms with Gasteiger partial charge in [0.05, 0.1) is 35.1 Å². The van der Waals surface area contributed by atoms with Crippen LogP contribution in [0.4, 0.5) is 15.9 Å². The maximum atomic E-state index is 15.0. The fourth-order valence-corrected chi connectivity index (χ4v) is 2.96. The van der Waals surface area contributed by atoms with Crippen molar-refractivity contribution in [1.29, 1.82) is 5.41 Å². The van der Waals surface area contributed by atoms with Crippen LogP contribution in [0.2, 0.25) is 5.02 Å². The molecule has 3 rings (SSSR count). The number of anilines is 2. The van der Waals surface area contributed by atoms with E-state index in [0.29, 0.717) is 0 Å². The summed E-state index contributed by atoms with van der Waals surface area (Å²) < 4.78 is 25.4. The normalized spacial score (nSPS) is 10.5. The third kappa shape index (κ3) is 5.10. The molecule has 3 aromatic rings. The molecule has 0 spiro atoms. The maximum absolute atomic E-state index is 15.0. The summed E-state index contributed by atoms with van der Waals surface area (Å²) in [6.45, 7) is 2.09. The van der Waals surface area contributed by atoms with Crippen molar-refractivity contribution in [3.05, 3.63) is 81.8 Å². The molecule has 1 amide bonds. The molecule has 4 N–H and O–H groups in total. The van der Waals surface area contributed by atoms with Gasteiger partial charge in [0.15, 0.2) is 11.6 Å². The number of nitrogen functional groups attached to an aromatic ring is 1. The predicted molar refractivity (Wildman–Crippen MR) is 117 cm³/mol. The van der Waals surface area contributed by atoms with E-state index >= 15 is 4.39 Å². The molecule has 0 unspecified atom stereocenters. The van der Waals surface area contributed by atoms with Crippen LogP contribution in [0.3, 0.4) is 0 Å². The Kier molecular flexibility index (Phi) is 6.71. The van der Waals surface area contributed by atoms with Crippen molar-refractivity contribution in [3.8, 4) is 5.75 Å². The smallest absolute Gasteiger partial charge is 0.260 e. The molecule has 0 bridgehead atoms. The van der Waals surface area contributed by atoms with Gasteiger partial charge in [0, 0.05) is 0 Å². The summed E-state index contributed by atoms with van der Waals surface area (Å²) in [6.07, 6.45) is 1.28. The molecule has 0 atom stereocenters. The van der Waals surface area contributed by atoms with E-state index in [-0.39, 0.29) is 45.9 Å². The lowest BCUT2D eigenvalue weighted by atomic mass is 10.1. The number of ether oxygens (including phenoxy) is 2. The lowest BCUT2D eigenvalue weighted by Gasteiger charge is -2.13. The first-order valence-electron chi connectivity index (χ1n) is 9.16. The van der Waals surface area contributed by atoms with Crippen LogP contribution in [-0.2, 0) is 11.3 Å². The molecule has 7 nitrogen and oxygen atoms in total. The Morgan fingerprint density at radius 3 is 2.65 bits per heavy atom. The van der Waals surface area contributed by atoms with Crippen LogP contribution in [0.1, 0.15) is 27.0 Å². The van der Waals surface area contributed by atoms with Crippen molar-refractivity contribution < 1.29 is 18.7 Å². The second-order valence-electron chi connectivity index (χ2n) is 6.65. The summed E-state index contributed by atoms with van der Waals surface area (Å²) in [5.41, 5.74) is 7.68. The van der Waals surface area contributed by atoms with Crippen molar-refractivity contribution >= 4 is 34.9 Å². The number of hydrogen-bond acceptors (Lipinski definition) is 6. The van der Waals surface area contributed by atoms with Gasteiger partial charge in [-0.05, 0) is 30.7 Å². The van der Waals surface area contributed by atoms with Crippen molar-refractivity contribution in [2.75, 3.05) is 18.2 Å². The van der Waals surface area contributed by atoms with Gasteiger partial charge in [-0.1, -0.05) is 41.4 Å². The number of carbonyl (C=O) groups is 1. The molecule has 0 radical (unpaired) electrons. The minimum Gasteiger partial charge on any atom is -0.486 e. The number of nitrogens with zero attached hydrogens (tertiary/aromatic N) is 1. The summed E-state index contributed by atoms with van der Waals surface area (Å²) in [5.74, 6) is -1.96. The summed E-state index contributed by atoms with van der Waals surface area (Å²) in [6, 6.07) is 11.8. The number of aryl methyl sites for hydroxylation is 1. The quantitative estimate of drug-likeness (QED) is 0.382. The summed E-state index contributed by atoms with van der Waals surface area (Å²) in [7, 11) is 1.31. The maximum Gasteiger partial charge on any atom is 0.260 e. The summed E-state index contributed by atoms with van der Waals surface area (Å²) in [5, 5.41) is 10.2. The molecular formula is C22H20ClFN4O3. The topological polar surface area (TPSA) is 110 Å². The molecule has 31 heavy (non-hydrogen) atoms. The van der Waals surface area contributed by atoms with E-state index < -0.39 is 11.7 Å². The van der Waals surface area contributed by atoms with Crippen LogP contribution < -0.4 is 15.8 Å². The zero-order chi connectivity index (χ0) is 22.5. The van der Waals surface area contributed by atoms with Crippen LogP contribution in [0, 0.1) is 18.2 Å². The van der Waals surface area contributed by atoms with E-state index in [9.17, 15) is 4.79 Å². The standard InChI is InChI=1S/C22H20ClFN4O3/c1-12-3-5-13(6-4-12)11-31-17-8-7-16(23)18(19(17)24)22(29)28-14-9-15(21(26)30-2)20(25)27-10-14/h3-10,26H,11H2,1-2H3,(H2,25,27)(H,28,29). The minimum atomic E-state index is -0.884. The number of amides is 1. The highest BCUT2D eigenvalue weighted by atomic mass is 35.5. The molecule has 0 saturated heterocycles. The molecule has 0 aliphatic heterocycles. The van der Waals surface area contributed by atoms with Crippen LogP contribution >= 0.6 is 11.6 Å². The van der Waals surface area contributed by atoms with Crippen molar-refractivity contribution in [1.82, 2.24) is 4.98 Å². The Bertz CT molecular complexity index is 1140. The molecule has 9 heteroatoms. The number of nitrogens with one attached hydrogen (secondary N) is 2. The van der Waals surface area contributed by atoms with Gasteiger partial charge < -0.3 is 20.5 Å². The Balaban J connectivity index is 1.82. The zero-order valence-electron chi connectivity index (χ0n) is 16.8. The molecule has 1 aromatic heterocycles. The minimum absolute atomic E-state index is 0.0561. The molecule has 0 fully saturated rings. The van der Waals surface area contributed by atoms with Gasteiger partial charge in [0.25, 0.3) is 5.91 Å². The number of carbonyl (C=O) groups excluding carboxylic acids is 1. The SMILES string of the molecule is COC(=N)c1cc(NC(=O)c2c(Cl)ccc(OCc3ccc(C)cc3)c2F)cnc1N. The largest absolute Gasteiger partial charge is 0.486 e. The summed E-state index contributed by atoms with van der Waals surface area (Å²) >= 11 is 6.08. The van der Waals surface area contributed by atoms with E-state index in [1.807, 2.05) is 31.2 Å². The molecule has 2 aromatic carbocycles. The molecule has 160 valence electrons. The third-order valence-corrected chi connectivity index (χ3v) is 4.74. The van der Waals surface area contributed by atoms with Gasteiger partial charge in [-0.25, -0.2) is 9.37 Å². The number of nitrogens with two attached hydrogens (primary N) is 1. The Morgan fingerprint density at radius 2 is 1.97 bits per heavy atom. The highest BCUT2D eigenvalue weighted by Crippen LogP contribution is 2.29. The Morgan fingerprint density at radius 1 is 1.26 bits per heavy atom. The number of rotatable bonds is 6. The van der Waals surface area contributed by atoms with Gasteiger partial charge in [0.2, 0.25) is 5.90 Å². The van der Waals surface area contributed by atoms with Gasteiger partial charge in [-0.15, -0.1) is 0 Å². The van der Waals surface area contributed by atoms with Crippen molar-refractivity contribution in [2.45, 2.75) is 13.5 Å². The predicted octanol–water partition coefficient (Wildman–Crippen LogP) is 4.57. The van der Waals surface area contributed by atoms with E-state index in [0.717, 1.165) is 11.1 Å². The monoisotopic (exact) mass is 442 g/mol. The lowest BCUT2D eigenvalue weighted by Crippen LogP contribution is -2.16. The van der Waals surface area contributed by atoms with Gasteiger partial charge in [-0.2, -0.15) is 0 Å². The van der Waals surface area contributed by atoms with E-state index in [4.69, 9.17) is 32.2 Å². The van der Waals surface area contributed by atoms with Gasteiger partial charge in [-0.3, -0.25) is 10.2 Å². The second kappa shape index (κ2) is 9.44. The van der Waals surface area contributed by atoms with E-state index in [2.05, 4.69) is 10.3 Å². The van der Waals surface area contributed by atoms with Crippen molar-refractivity contribution in [3.63, 3.8) is 0 Å². The average molecular weight is 443 g/mol. The average Bonchev–Trinajstić information content (AvgIpc) is 2.75. The number of pyridine rings is 1. The van der Waals surface area contributed by atoms with Crippen LogP contribution in [0.25, 0.3) is 0 Å². The second-order valence-corrected chi connectivity index (χ2v) is 7.06. The number of hydrogen-bond donors (Lipinski definition) is 3. The van der Waals surface area contributed by atoms with Gasteiger partial charge >= 0.3 is 0 Å². The zero-order valence-corrected chi connectivity index (χ0v) is 17.6. The highest BCUT2D eigenvalue weighted by Gasteiger charge is 2.21. The number of benzene rings is 2. The molecular weight excluding hydrogens is 423 g/mol. The Labute approximate surface area is 183 Å². The van der Waals surface area contributed by atoms with Gasteiger partial charge in [0.1, 0.15) is 12.4 Å². The third-order valence-electron chi connectivity index (χ3n) is 4.42. The molecule has 0 aliphatic carbocycles. The Hall–Kier alpha value is -3.65. The lowest BCUT2D eigenvalue weighted by molar-refractivity contribution is 0.102. The molecule has 1 heterocycles. The van der Waals surface area contributed by atoms with Crippen LogP contribution in [-0.4, -0.2) is 23.9 Å². The molecule has 0 saturated carbocycles. The number of methoxy groups -OCH3 is 1. The van der Waals surface area contributed by atoms with Crippen LogP contribution in [0.15, 0.2) is 48.7 Å². The first-order chi connectivity index (χ1) is 14.8. The fourth-order valence-electron chi connectivity index (χ4n) is 2.73.